The molecule has 11 aromatic rings. The number of furan rings is 2. The standard InChI is InChI=1S/C45H26N4O2/c1-2-13-27(14-3-1)43-46-44(48-45(47-43)34-20-12-19-32-31-17-6-10-23-38(31)51-42(32)34)28-25-37(41-33-18-7-11-24-39(33)50-40(41)26-28)49-35-21-8-4-15-29(35)30-16-5-9-22-36(30)49/h1-26H. The lowest BCUT2D eigenvalue weighted by Gasteiger charge is -2.13. The van der Waals surface area contributed by atoms with Gasteiger partial charge in [0.25, 0.3) is 0 Å². The van der Waals surface area contributed by atoms with Crippen LogP contribution in [-0.2, 0) is 0 Å². The first-order chi connectivity index (χ1) is 25.3. The summed E-state index contributed by atoms with van der Waals surface area (Å²) in [5, 5.41) is 6.53. The highest BCUT2D eigenvalue weighted by atomic mass is 16.3. The van der Waals surface area contributed by atoms with Gasteiger partial charge in [0, 0.05) is 38.1 Å². The van der Waals surface area contributed by atoms with Gasteiger partial charge in [0.1, 0.15) is 22.3 Å². The Bertz CT molecular complexity index is 3100. The Morgan fingerprint density at radius 2 is 0.961 bits per heavy atom. The summed E-state index contributed by atoms with van der Waals surface area (Å²) in [5.41, 5.74) is 8.88. The van der Waals surface area contributed by atoms with Crippen LogP contribution in [0.3, 0.4) is 0 Å². The molecule has 0 spiro atoms. The van der Waals surface area contributed by atoms with E-state index >= 15 is 0 Å². The first-order valence-electron chi connectivity index (χ1n) is 16.9. The van der Waals surface area contributed by atoms with Gasteiger partial charge in [-0.05, 0) is 42.5 Å². The molecular formula is C45H26N4O2. The molecule has 0 unspecified atom stereocenters. The molecule has 0 aliphatic heterocycles. The van der Waals surface area contributed by atoms with Crippen molar-refractivity contribution in [1.82, 2.24) is 19.5 Å². The molecule has 4 heterocycles. The Kier molecular flexibility index (Phi) is 5.86. The highest BCUT2D eigenvalue weighted by molar-refractivity contribution is 6.15. The molecule has 0 aliphatic rings. The third-order valence-corrected chi connectivity index (χ3v) is 9.85. The van der Waals surface area contributed by atoms with Crippen molar-refractivity contribution in [3.8, 4) is 39.9 Å². The van der Waals surface area contributed by atoms with Crippen molar-refractivity contribution >= 4 is 65.7 Å². The van der Waals surface area contributed by atoms with Crippen molar-refractivity contribution < 1.29 is 8.83 Å². The molecule has 51 heavy (non-hydrogen) atoms. The molecule has 0 saturated heterocycles. The number of hydrogen-bond donors (Lipinski definition) is 0. The number of rotatable bonds is 4. The fourth-order valence-electron chi connectivity index (χ4n) is 7.59. The van der Waals surface area contributed by atoms with Crippen molar-refractivity contribution in [3.63, 3.8) is 0 Å². The topological polar surface area (TPSA) is 69.9 Å². The molecule has 0 bridgehead atoms. The average molecular weight is 655 g/mol. The summed E-state index contributed by atoms with van der Waals surface area (Å²) >= 11 is 0. The third-order valence-electron chi connectivity index (χ3n) is 9.85. The summed E-state index contributed by atoms with van der Waals surface area (Å²) in [6, 6.07) is 53.8. The van der Waals surface area contributed by atoms with Crippen LogP contribution in [0.2, 0.25) is 0 Å². The van der Waals surface area contributed by atoms with Gasteiger partial charge in [-0.2, -0.15) is 0 Å². The molecule has 11 rings (SSSR count). The van der Waals surface area contributed by atoms with Crippen LogP contribution in [-0.4, -0.2) is 19.5 Å². The molecule has 0 saturated carbocycles. The van der Waals surface area contributed by atoms with Gasteiger partial charge in [-0.15, -0.1) is 0 Å². The number of para-hydroxylation sites is 5. The number of hydrogen-bond acceptors (Lipinski definition) is 5. The Balaban J connectivity index is 1.23. The van der Waals surface area contributed by atoms with E-state index in [9.17, 15) is 0 Å². The van der Waals surface area contributed by atoms with Gasteiger partial charge in [-0.25, -0.2) is 15.0 Å². The summed E-state index contributed by atoms with van der Waals surface area (Å²) in [4.78, 5) is 15.4. The van der Waals surface area contributed by atoms with E-state index in [0.29, 0.717) is 17.5 Å². The Labute approximate surface area is 290 Å². The third kappa shape index (κ3) is 4.20. The molecule has 0 radical (unpaired) electrons. The maximum atomic E-state index is 6.60. The second-order valence-electron chi connectivity index (χ2n) is 12.8. The van der Waals surface area contributed by atoms with Gasteiger partial charge in [-0.1, -0.05) is 115 Å². The highest BCUT2D eigenvalue weighted by Gasteiger charge is 2.22. The van der Waals surface area contributed by atoms with Crippen LogP contribution in [0.5, 0.6) is 0 Å². The van der Waals surface area contributed by atoms with Crippen LogP contribution in [0.15, 0.2) is 167 Å². The van der Waals surface area contributed by atoms with Gasteiger partial charge >= 0.3 is 0 Å². The Morgan fingerprint density at radius 1 is 0.392 bits per heavy atom. The monoisotopic (exact) mass is 654 g/mol. The quantitative estimate of drug-likeness (QED) is 0.189. The summed E-state index contributed by atoms with van der Waals surface area (Å²) < 4.78 is 15.4. The fourth-order valence-corrected chi connectivity index (χ4v) is 7.59. The Morgan fingerprint density at radius 3 is 1.71 bits per heavy atom. The van der Waals surface area contributed by atoms with Crippen molar-refractivity contribution in [2.24, 2.45) is 0 Å². The van der Waals surface area contributed by atoms with Crippen LogP contribution in [0.4, 0.5) is 0 Å². The van der Waals surface area contributed by atoms with Gasteiger partial charge in [0.2, 0.25) is 0 Å². The fraction of sp³-hybridized carbons (Fsp3) is 0. The summed E-state index contributed by atoms with van der Waals surface area (Å²) in [5.74, 6) is 1.65. The zero-order valence-electron chi connectivity index (χ0n) is 27.1. The minimum atomic E-state index is 0.534. The van der Waals surface area contributed by atoms with E-state index in [4.69, 9.17) is 23.8 Å². The lowest BCUT2D eigenvalue weighted by atomic mass is 10.1. The summed E-state index contributed by atoms with van der Waals surface area (Å²) in [6.07, 6.45) is 0. The second kappa shape index (κ2) is 10.7. The predicted octanol–water partition coefficient (Wildman–Crippen LogP) is 11.8. The van der Waals surface area contributed by atoms with Gasteiger partial charge < -0.3 is 13.4 Å². The normalized spacial score (nSPS) is 11.9. The smallest absolute Gasteiger partial charge is 0.167 e. The van der Waals surface area contributed by atoms with Crippen molar-refractivity contribution in [3.05, 3.63) is 158 Å². The lowest BCUT2D eigenvalue weighted by molar-refractivity contribution is 0.668. The van der Waals surface area contributed by atoms with E-state index in [1.54, 1.807) is 0 Å². The van der Waals surface area contributed by atoms with Crippen LogP contribution >= 0.6 is 0 Å². The molecule has 238 valence electrons. The van der Waals surface area contributed by atoms with E-state index in [-0.39, 0.29) is 0 Å². The van der Waals surface area contributed by atoms with Gasteiger partial charge in [0.05, 0.1) is 27.7 Å². The summed E-state index contributed by atoms with van der Waals surface area (Å²) in [6.45, 7) is 0. The van der Waals surface area contributed by atoms with Gasteiger partial charge in [0.15, 0.2) is 17.5 Å². The number of benzene rings is 7. The largest absolute Gasteiger partial charge is 0.456 e. The van der Waals surface area contributed by atoms with E-state index in [1.807, 2.05) is 72.8 Å². The van der Waals surface area contributed by atoms with Crippen LogP contribution in [0.25, 0.3) is 106 Å². The SMILES string of the molecule is c1ccc(-c2nc(-c3cc(-n4c5ccccc5c5ccccc54)c4c(c3)oc3ccccc34)nc(-c3cccc4c3oc3ccccc34)n2)cc1. The number of fused-ring (bicyclic) bond motifs is 9. The van der Waals surface area contributed by atoms with Crippen molar-refractivity contribution in [2.45, 2.75) is 0 Å². The van der Waals surface area contributed by atoms with Crippen LogP contribution < -0.4 is 0 Å². The molecule has 0 aliphatic carbocycles. The van der Waals surface area contributed by atoms with E-state index in [1.165, 1.54) is 10.8 Å². The van der Waals surface area contributed by atoms with Gasteiger partial charge in [-0.3, -0.25) is 0 Å². The molecule has 4 aromatic heterocycles. The maximum absolute atomic E-state index is 6.60. The summed E-state index contributed by atoms with van der Waals surface area (Å²) in [7, 11) is 0. The Hall–Kier alpha value is -7.05. The molecule has 6 heteroatoms. The first-order valence-corrected chi connectivity index (χ1v) is 16.9. The zero-order chi connectivity index (χ0) is 33.5. The number of aromatic nitrogens is 4. The van der Waals surface area contributed by atoms with E-state index in [2.05, 4.69) is 89.5 Å². The second-order valence-corrected chi connectivity index (χ2v) is 12.8. The minimum absolute atomic E-state index is 0.534. The van der Waals surface area contributed by atoms with Crippen LogP contribution in [0.1, 0.15) is 0 Å². The van der Waals surface area contributed by atoms with Crippen LogP contribution in [0, 0.1) is 0 Å². The first kappa shape index (κ1) is 27.9. The van der Waals surface area contributed by atoms with Crippen molar-refractivity contribution in [1.29, 1.82) is 0 Å². The van der Waals surface area contributed by atoms with E-state index < -0.39 is 0 Å². The number of nitrogens with zero attached hydrogens (tertiary/aromatic N) is 4. The molecule has 0 atom stereocenters. The molecule has 6 nitrogen and oxygen atoms in total. The molecule has 0 fully saturated rings. The highest BCUT2D eigenvalue weighted by Crippen LogP contribution is 2.41. The molecule has 7 aromatic carbocycles. The van der Waals surface area contributed by atoms with E-state index in [0.717, 1.165) is 77.3 Å². The average Bonchev–Trinajstić information content (AvgIpc) is 3.87. The van der Waals surface area contributed by atoms with Crippen molar-refractivity contribution in [2.75, 3.05) is 0 Å². The maximum Gasteiger partial charge on any atom is 0.167 e. The molecule has 0 amide bonds. The zero-order valence-corrected chi connectivity index (χ0v) is 27.1. The minimum Gasteiger partial charge on any atom is -0.456 e. The molecular weight excluding hydrogens is 629 g/mol. The lowest BCUT2D eigenvalue weighted by Crippen LogP contribution is -2.01. The molecule has 0 N–H and O–H groups in total. The predicted molar refractivity (Wildman–Crippen MR) is 205 cm³/mol.